The number of nitrogens with zero attached hydrogens (tertiary/aromatic N) is 4. The van der Waals surface area contributed by atoms with Crippen LogP contribution in [0.15, 0.2) is 58.9 Å². The van der Waals surface area contributed by atoms with Gasteiger partial charge in [-0.25, -0.2) is 9.29 Å². The summed E-state index contributed by atoms with van der Waals surface area (Å²) in [6.45, 7) is -0.253. The lowest BCUT2D eigenvalue weighted by Crippen LogP contribution is -2.43. The number of carbonyl (C=O) groups is 3. The number of anilines is 2. The average Bonchev–Trinajstić information content (AvgIpc) is 3.18. The van der Waals surface area contributed by atoms with Crippen molar-refractivity contribution in [3.8, 4) is 0 Å². The summed E-state index contributed by atoms with van der Waals surface area (Å²) in [4.78, 5) is 38.6. The number of hydrogen-bond acceptors (Lipinski definition) is 6. The Kier molecular flexibility index (Phi) is 4.52. The maximum absolute atomic E-state index is 13.4. The summed E-state index contributed by atoms with van der Waals surface area (Å²) in [6.07, 6.45) is 0. The van der Waals surface area contributed by atoms with Crippen LogP contribution in [0.5, 0.6) is 0 Å². The summed E-state index contributed by atoms with van der Waals surface area (Å²) >= 11 is 5.75. The van der Waals surface area contributed by atoms with Crippen molar-refractivity contribution in [2.45, 2.75) is 12.1 Å². The third kappa shape index (κ3) is 3.09. The van der Waals surface area contributed by atoms with Gasteiger partial charge in [0.25, 0.3) is 11.8 Å². The maximum Gasteiger partial charge on any atom is 0.263 e. The Balaban J connectivity index is 1.51. The molecule has 1 N–H and O–H groups in total. The van der Waals surface area contributed by atoms with Gasteiger partial charge in [0.1, 0.15) is 12.4 Å². The molecule has 1 fully saturated rings. The van der Waals surface area contributed by atoms with Crippen LogP contribution >= 0.6 is 11.6 Å². The van der Waals surface area contributed by atoms with Gasteiger partial charge in [-0.05, 0) is 30.3 Å². The first kappa shape index (κ1) is 18.1. The first-order valence-corrected chi connectivity index (χ1v) is 8.68. The molecular weight excluding hydrogens is 389 g/mol. The van der Waals surface area contributed by atoms with Gasteiger partial charge in [-0.15, -0.1) is 0 Å². The standard InChI is InChI=1S/C18H13ClFN5O3/c19-12-8-11(6-7-13(12)20)25-17(27)15-16(18(25)28)24(23-22-15)9-14(26)21-10-4-2-1-3-5-10/h1-8,15-16H,9H2,(H,21,26)/t15-,16+/m1/s1. The van der Waals surface area contributed by atoms with Gasteiger partial charge >= 0.3 is 0 Å². The number of rotatable bonds is 4. The fourth-order valence-corrected chi connectivity index (χ4v) is 3.28. The van der Waals surface area contributed by atoms with Gasteiger partial charge < -0.3 is 5.32 Å². The van der Waals surface area contributed by atoms with E-state index < -0.39 is 35.6 Å². The predicted octanol–water partition coefficient (Wildman–Crippen LogP) is 2.41. The Morgan fingerprint density at radius 1 is 1.14 bits per heavy atom. The minimum absolute atomic E-state index is 0.139. The molecule has 28 heavy (non-hydrogen) atoms. The average molecular weight is 402 g/mol. The Labute approximate surface area is 163 Å². The first-order chi connectivity index (χ1) is 13.5. The summed E-state index contributed by atoms with van der Waals surface area (Å²) in [6, 6.07) is 10.2. The molecule has 1 saturated heterocycles. The monoisotopic (exact) mass is 401 g/mol. The van der Waals surface area contributed by atoms with Crippen molar-refractivity contribution >= 4 is 40.7 Å². The number of imide groups is 1. The molecule has 2 heterocycles. The summed E-state index contributed by atoms with van der Waals surface area (Å²) in [5.74, 6) is -2.28. The SMILES string of the molecule is O=C(CN1N=N[C@H]2C(=O)N(c3ccc(F)c(Cl)c3)C(=O)[C@H]21)Nc1ccccc1. The van der Waals surface area contributed by atoms with Gasteiger partial charge in [-0.1, -0.05) is 35.0 Å². The maximum atomic E-state index is 13.4. The highest BCUT2D eigenvalue weighted by Gasteiger charge is 2.55. The van der Waals surface area contributed by atoms with E-state index in [9.17, 15) is 18.8 Å². The number of para-hydroxylation sites is 1. The second kappa shape index (κ2) is 7.01. The zero-order valence-corrected chi connectivity index (χ0v) is 15.0. The lowest BCUT2D eigenvalue weighted by atomic mass is 10.1. The first-order valence-electron chi connectivity index (χ1n) is 8.31. The Morgan fingerprint density at radius 3 is 2.61 bits per heavy atom. The highest BCUT2D eigenvalue weighted by molar-refractivity contribution is 6.32. The van der Waals surface area contributed by atoms with Crippen molar-refractivity contribution in [2.75, 3.05) is 16.8 Å². The van der Waals surface area contributed by atoms with Crippen LogP contribution in [-0.2, 0) is 14.4 Å². The highest BCUT2D eigenvalue weighted by Crippen LogP contribution is 2.33. The van der Waals surface area contributed by atoms with E-state index in [1.807, 2.05) is 6.07 Å². The normalized spacial score (nSPS) is 20.6. The molecule has 4 rings (SSSR count). The second-order valence-electron chi connectivity index (χ2n) is 6.22. The molecule has 2 atom stereocenters. The van der Waals surface area contributed by atoms with Crippen LogP contribution in [-0.4, -0.2) is 41.4 Å². The molecule has 2 aliphatic rings. The van der Waals surface area contributed by atoms with E-state index in [0.717, 1.165) is 11.0 Å². The van der Waals surface area contributed by atoms with Crippen molar-refractivity contribution in [1.29, 1.82) is 0 Å². The van der Waals surface area contributed by atoms with Gasteiger partial charge in [-0.2, -0.15) is 5.11 Å². The molecule has 0 unspecified atom stereocenters. The number of nitrogens with one attached hydrogen (secondary N) is 1. The molecule has 10 heteroatoms. The van der Waals surface area contributed by atoms with Gasteiger partial charge in [0.15, 0.2) is 12.1 Å². The molecule has 0 bridgehead atoms. The quantitative estimate of drug-likeness (QED) is 0.796. The molecular formula is C18H13ClFN5O3. The van der Waals surface area contributed by atoms with E-state index in [2.05, 4.69) is 15.7 Å². The van der Waals surface area contributed by atoms with Crippen LogP contribution in [0.1, 0.15) is 0 Å². The summed E-state index contributed by atoms with van der Waals surface area (Å²) in [7, 11) is 0. The van der Waals surface area contributed by atoms with Gasteiger partial charge in [-0.3, -0.25) is 19.4 Å². The van der Waals surface area contributed by atoms with Crippen molar-refractivity contribution < 1.29 is 18.8 Å². The number of carbonyl (C=O) groups excluding carboxylic acids is 3. The van der Waals surface area contributed by atoms with Crippen LogP contribution in [0, 0.1) is 5.82 Å². The Bertz CT molecular complexity index is 1000. The van der Waals surface area contributed by atoms with Crippen molar-refractivity contribution in [2.24, 2.45) is 10.3 Å². The topological polar surface area (TPSA) is 94.4 Å². The number of hydrogen-bond donors (Lipinski definition) is 1. The minimum atomic E-state index is -1.05. The molecule has 3 amide bonds. The number of fused-ring (bicyclic) bond motifs is 1. The lowest BCUT2D eigenvalue weighted by molar-refractivity contribution is -0.123. The molecule has 0 aromatic heterocycles. The number of benzene rings is 2. The van der Waals surface area contributed by atoms with Crippen LogP contribution in [0.3, 0.4) is 0 Å². The predicted molar refractivity (Wildman–Crippen MR) is 98.1 cm³/mol. The zero-order chi connectivity index (χ0) is 19.8. The molecule has 2 aromatic carbocycles. The van der Waals surface area contributed by atoms with Crippen molar-refractivity contribution in [3.05, 3.63) is 59.4 Å². The van der Waals surface area contributed by atoms with E-state index in [-0.39, 0.29) is 17.3 Å². The van der Waals surface area contributed by atoms with E-state index >= 15 is 0 Å². The summed E-state index contributed by atoms with van der Waals surface area (Å²) < 4.78 is 13.4. The molecule has 0 radical (unpaired) electrons. The van der Waals surface area contributed by atoms with Crippen molar-refractivity contribution in [1.82, 2.24) is 5.01 Å². The fourth-order valence-electron chi connectivity index (χ4n) is 3.10. The molecule has 2 aliphatic heterocycles. The van der Waals surface area contributed by atoms with Crippen LogP contribution in [0.25, 0.3) is 0 Å². The van der Waals surface area contributed by atoms with Crippen LogP contribution < -0.4 is 10.2 Å². The highest BCUT2D eigenvalue weighted by atomic mass is 35.5. The van der Waals surface area contributed by atoms with Gasteiger partial charge in [0, 0.05) is 5.69 Å². The molecule has 0 saturated carbocycles. The van der Waals surface area contributed by atoms with Gasteiger partial charge in [0.05, 0.1) is 10.7 Å². The molecule has 0 spiro atoms. The van der Waals surface area contributed by atoms with Crippen molar-refractivity contribution in [3.63, 3.8) is 0 Å². The molecule has 2 aromatic rings. The zero-order valence-electron chi connectivity index (χ0n) is 14.3. The second-order valence-corrected chi connectivity index (χ2v) is 6.62. The van der Waals surface area contributed by atoms with Crippen LogP contribution in [0.4, 0.5) is 15.8 Å². The number of halogens is 2. The van der Waals surface area contributed by atoms with E-state index in [1.54, 1.807) is 24.3 Å². The lowest BCUT2D eigenvalue weighted by Gasteiger charge is -2.20. The van der Waals surface area contributed by atoms with E-state index in [0.29, 0.717) is 5.69 Å². The molecule has 8 nitrogen and oxygen atoms in total. The third-order valence-corrected chi connectivity index (χ3v) is 4.67. The largest absolute Gasteiger partial charge is 0.324 e. The third-order valence-electron chi connectivity index (χ3n) is 4.38. The summed E-state index contributed by atoms with van der Waals surface area (Å²) in [5.41, 5.74) is 0.733. The number of amides is 3. The smallest absolute Gasteiger partial charge is 0.263 e. The Hall–Kier alpha value is -3.33. The van der Waals surface area contributed by atoms with E-state index in [4.69, 9.17) is 11.6 Å². The Morgan fingerprint density at radius 2 is 1.89 bits per heavy atom. The summed E-state index contributed by atoms with van der Waals surface area (Å²) in [5, 5.41) is 11.3. The van der Waals surface area contributed by atoms with E-state index in [1.165, 1.54) is 17.1 Å². The fraction of sp³-hybridized carbons (Fsp3) is 0.167. The van der Waals surface area contributed by atoms with Crippen LogP contribution in [0.2, 0.25) is 5.02 Å². The molecule has 142 valence electrons. The minimum Gasteiger partial charge on any atom is -0.324 e. The molecule has 0 aliphatic carbocycles. The van der Waals surface area contributed by atoms with Gasteiger partial charge in [0.2, 0.25) is 5.91 Å².